The Hall–Kier alpha value is -1.27. The van der Waals surface area contributed by atoms with Crippen LogP contribution < -0.4 is 15.3 Å². The number of rotatable bonds is 8. The van der Waals surface area contributed by atoms with Crippen molar-refractivity contribution >= 4 is 13.3 Å². The Bertz CT molecular complexity index is 549. The van der Waals surface area contributed by atoms with E-state index in [1.54, 1.807) is 25.1 Å². The summed E-state index contributed by atoms with van der Waals surface area (Å²) in [6, 6.07) is 6.04. The molecule has 1 aromatic carbocycles. The van der Waals surface area contributed by atoms with Gasteiger partial charge in [0.15, 0.2) is 0 Å². The highest BCUT2D eigenvalue weighted by atomic mass is 31.2. The fraction of sp³-hybridized carbons (Fsp3) is 0.571. The first-order valence-corrected chi connectivity index (χ1v) is 9.02. The number of nitrogens with zero attached hydrogens (tertiary/aromatic N) is 1. The first kappa shape index (κ1) is 18.8. The van der Waals surface area contributed by atoms with Gasteiger partial charge >= 0.3 is 0 Å². The molecule has 0 radical (unpaired) electrons. The lowest BCUT2D eigenvalue weighted by Crippen LogP contribution is -2.39. The van der Waals surface area contributed by atoms with E-state index in [9.17, 15) is 14.7 Å². The summed E-state index contributed by atoms with van der Waals surface area (Å²) < 4.78 is 13.0. The molecule has 0 saturated heterocycles. The van der Waals surface area contributed by atoms with E-state index in [2.05, 4.69) is 15.3 Å². The first-order chi connectivity index (χ1) is 10.1. The van der Waals surface area contributed by atoms with Crippen molar-refractivity contribution in [1.82, 2.24) is 15.3 Å². The van der Waals surface area contributed by atoms with Crippen molar-refractivity contribution in [2.75, 3.05) is 0 Å². The predicted octanol–water partition coefficient (Wildman–Crippen LogP) is 3.35. The van der Waals surface area contributed by atoms with Gasteiger partial charge in [-0.1, -0.05) is 18.2 Å². The smallest absolute Gasteiger partial charge is 0.271 e. The van der Waals surface area contributed by atoms with E-state index in [0.717, 1.165) is 0 Å². The summed E-state index contributed by atoms with van der Waals surface area (Å²) in [5.41, 5.74) is 0.520. The molecule has 1 atom stereocenters. The average molecular weight is 328 g/mol. The van der Waals surface area contributed by atoms with E-state index in [1.165, 1.54) is 6.07 Å². The molecule has 0 spiro atoms. The molecule has 8 heteroatoms. The third-order valence-corrected chi connectivity index (χ3v) is 5.37. The Labute approximate surface area is 131 Å². The van der Waals surface area contributed by atoms with Crippen molar-refractivity contribution < 1.29 is 9.49 Å². The zero-order valence-corrected chi connectivity index (χ0v) is 14.6. The molecule has 3 N–H and O–H groups in total. The van der Waals surface area contributed by atoms with Crippen molar-refractivity contribution in [2.45, 2.75) is 52.7 Å². The number of nitrogens with one attached hydrogen (secondary N) is 3. The van der Waals surface area contributed by atoms with Crippen LogP contribution in [0.1, 0.15) is 46.2 Å². The minimum atomic E-state index is -3.08. The normalized spacial score (nSPS) is 13.6. The molecular weight excluding hydrogens is 303 g/mol. The van der Waals surface area contributed by atoms with E-state index < -0.39 is 18.6 Å². The van der Waals surface area contributed by atoms with Gasteiger partial charge in [0.1, 0.15) is 0 Å². The molecule has 0 aliphatic rings. The van der Waals surface area contributed by atoms with Crippen LogP contribution >= 0.6 is 7.59 Å². The van der Waals surface area contributed by atoms with Gasteiger partial charge < -0.3 is 0 Å². The molecule has 0 saturated carbocycles. The van der Waals surface area contributed by atoms with Gasteiger partial charge in [-0.05, 0) is 34.6 Å². The Morgan fingerprint density at radius 2 is 1.50 bits per heavy atom. The summed E-state index contributed by atoms with van der Waals surface area (Å²) in [4.78, 5) is 10.7. The van der Waals surface area contributed by atoms with Crippen LogP contribution in [0.25, 0.3) is 0 Å². The lowest BCUT2D eigenvalue weighted by molar-refractivity contribution is -0.385. The van der Waals surface area contributed by atoms with Gasteiger partial charge in [0.2, 0.25) is 0 Å². The maximum atomic E-state index is 13.0. The fourth-order valence-electron chi connectivity index (χ4n) is 2.20. The second-order valence-electron chi connectivity index (χ2n) is 5.84. The van der Waals surface area contributed by atoms with Crippen molar-refractivity contribution in [2.24, 2.45) is 0 Å². The molecule has 0 heterocycles. The standard InChI is InChI=1S/C14H25N4O3P/c1-10(2)15-22(21,16-11(3)4)17-12(5)13-8-6-7-9-14(13)18(19)20/h6-12H,1-5H3,(H3,15,16,17,21). The Morgan fingerprint density at radius 3 is 1.95 bits per heavy atom. The summed E-state index contributed by atoms with van der Waals surface area (Å²) in [6.07, 6.45) is 0. The fourth-order valence-corrected chi connectivity index (χ4v) is 4.56. The molecule has 0 amide bonds. The minimum Gasteiger partial charge on any atom is -0.271 e. The monoisotopic (exact) mass is 328 g/mol. The van der Waals surface area contributed by atoms with Crippen LogP contribution in [-0.4, -0.2) is 17.0 Å². The molecule has 0 bridgehead atoms. The van der Waals surface area contributed by atoms with Crippen LogP contribution in [-0.2, 0) is 4.57 Å². The van der Waals surface area contributed by atoms with E-state index >= 15 is 0 Å². The topological polar surface area (TPSA) is 96.3 Å². The molecular formula is C14H25N4O3P. The first-order valence-electron chi connectivity index (χ1n) is 7.31. The molecule has 124 valence electrons. The maximum Gasteiger partial charge on any atom is 0.280 e. The van der Waals surface area contributed by atoms with Gasteiger partial charge in [-0.25, -0.2) is 15.3 Å². The second-order valence-corrected chi connectivity index (χ2v) is 7.84. The van der Waals surface area contributed by atoms with Gasteiger partial charge in [0.25, 0.3) is 13.3 Å². The number of hydrogen-bond acceptors (Lipinski definition) is 3. The molecule has 7 nitrogen and oxygen atoms in total. The zero-order chi connectivity index (χ0) is 16.9. The number of para-hydroxylation sites is 1. The van der Waals surface area contributed by atoms with E-state index in [1.807, 2.05) is 27.7 Å². The summed E-state index contributed by atoms with van der Waals surface area (Å²) >= 11 is 0. The highest BCUT2D eigenvalue weighted by Crippen LogP contribution is 2.37. The van der Waals surface area contributed by atoms with Crippen LogP contribution in [0.2, 0.25) is 0 Å². The molecule has 0 fully saturated rings. The molecule has 1 aromatic rings. The van der Waals surface area contributed by atoms with Crippen molar-refractivity contribution in [1.29, 1.82) is 0 Å². The summed E-state index contributed by atoms with van der Waals surface area (Å²) in [7, 11) is -3.08. The number of nitro groups is 1. The summed E-state index contributed by atoms with van der Waals surface area (Å²) in [5.74, 6) is 0. The highest BCUT2D eigenvalue weighted by molar-refractivity contribution is 7.57. The van der Waals surface area contributed by atoms with Crippen molar-refractivity contribution in [3.63, 3.8) is 0 Å². The molecule has 0 aliphatic heterocycles. The van der Waals surface area contributed by atoms with E-state index in [-0.39, 0.29) is 17.8 Å². The molecule has 22 heavy (non-hydrogen) atoms. The Kier molecular flexibility index (Phi) is 6.68. The van der Waals surface area contributed by atoms with Crippen LogP contribution in [0, 0.1) is 10.1 Å². The van der Waals surface area contributed by atoms with Crippen LogP contribution in [0.15, 0.2) is 24.3 Å². The van der Waals surface area contributed by atoms with Crippen molar-refractivity contribution in [3.8, 4) is 0 Å². The van der Waals surface area contributed by atoms with Crippen LogP contribution in [0.5, 0.6) is 0 Å². The third-order valence-electron chi connectivity index (χ3n) is 2.86. The van der Waals surface area contributed by atoms with Gasteiger partial charge in [0.05, 0.1) is 4.92 Å². The van der Waals surface area contributed by atoms with Gasteiger partial charge in [-0.15, -0.1) is 0 Å². The Balaban J connectivity index is 3.03. The van der Waals surface area contributed by atoms with Crippen LogP contribution in [0.3, 0.4) is 0 Å². The Morgan fingerprint density at radius 1 is 1.00 bits per heavy atom. The molecule has 0 aliphatic carbocycles. The van der Waals surface area contributed by atoms with Crippen LogP contribution in [0.4, 0.5) is 5.69 Å². The SMILES string of the molecule is CC(C)NP(=O)(NC(C)C)NC(C)c1ccccc1[N+](=O)[O-]. The summed E-state index contributed by atoms with van der Waals surface area (Å²) in [5, 5.41) is 20.1. The number of hydrogen-bond donors (Lipinski definition) is 3. The highest BCUT2D eigenvalue weighted by Gasteiger charge is 2.28. The number of nitro benzene ring substituents is 1. The number of benzene rings is 1. The van der Waals surface area contributed by atoms with Gasteiger partial charge in [0, 0.05) is 29.8 Å². The molecule has 1 unspecified atom stereocenters. The molecule has 1 rings (SSSR count). The second kappa shape index (κ2) is 7.83. The minimum absolute atomic E-state index is 0.00235. The van der Waals surface area contributed by atoms with E-state index in [0.29, 0.717) is 5.56 Å². The van der Waals surface area contributed by atoms with Gasteiger partial charge in [-0.2, -0.15) is 0 Å². The lowest BCUT2D eigenvalue weighted by Gasteiger charge is -2.28. The molecule has 0 aromatic heterocycles. The zero-order valence-electron chi connectivity index (χ0n) is 13.7. The lowest BCUT2D eigenvalue weighted by atomic mass is 10.1. The van der Waals surface area contributed by atoms with E-state index in [4.69, 9.17) is 0 Å². The maximum absolute atomic E-state index is 13.0. The summed E-state index contributed by atoms with van der Waals surface area (Å²) in [6.45, 7) is 9.34. The third kappa shape index (κ3) is 5.50. The van der Waals surface area contributed by atoms with Crippen molar-refractivity contribution in [3.05, 3.63) is 39.9 Å². The predicted molar refractivity (Wildman–Crippen MR) is 88.8 cm³/mol. The largest absolute Gasteiger partial charge is 0.280 e. The average Bonchev–Trinajstić information content (AvgIpc) is 2.35. The van der Waals surface area contributed by atoms with Gasteiger partial charge in [-0.3, -0.25) is 14.7 Å². The quantitative estimate of drug-likeness (QED) is 0.385.